The topological polar surface area (TPSA) is 90.7 Å². The van der Waals surface area contributed by atoms with E-state index >= 15 is 0 Å². The molecule has 0 fully saturated rings. The van der Waals surface area contributed by atoms with E-state index in [1.165, 1.54) is 13.2 Å². The van der Waals surface area contributed by atoms with Gasteiger partial charge >= 0.3 is 11.7 Å². The number of benzene rings is 1. The molecule has 0 unspecified atom stereocenters. The van der Waals surface area contributed by atoms with Crippen LogP contribution in [0.2, 0.25) is 0 Å². The molecule has 1 aromatic carbocycles. The zero-order chi connectivity index (χ0) is 16.0. The number of carbonyl (C=O) groups excluding carboxylic acids is 1. The minimum Gasteiger partial charge on any atom is -0.486 e. The van der Waals surface area contributed by atoms with Gasteiger partial charge in [0.25, 0.3) is 0 Å². The SMILES string of the molecule is CNCc1ccc([N+](=O)[O-])c(OCC(C)(C)C(=O)OC)c1. The van der Waals surface area contributed by atoms with Crippen molar-refractivity contribution in [2.24, 2.45) is 5.41 Å². The highest BCUT2D eigenvalue weighted by molar-refractivity contribution is 5.75. The second-order valence-electron chi connectivity index (χ2n) is 5.25. The zero-order valence-corrected chi connectivity index (χ0v) is 12.6. The molecule has 1 N–H and O–H groups in total. The fraction of sp³-hybridized carbons (Fsp3) is 0.500. The summed E-state index contributed by atoms with van der Waals surface area (Å²) in [5.41, 5.74) is -0.161. The number of esters is 1. The summed E-state index contributed by atoms with van der Waals surface area (Å²) < 4.78 is 10.2. The first-order valence-corrected chi connectivity index (χ1v) is 6.45. The number of hydrogen-bond acceptors (Lipinski definition) is 6. The average molecular weight is 296 g/mol. The Hall–Kier alpha value is -2.15. The van der Waals surface area contributed by atoms with Gasteiger partial charge in [-0.2, -0.15) is 0 Å². The maximum absolute atomic E-state index is 11.6. The molecule has 1 aromatic rings. The van der Waals surface area contributed by atoms with Crippen LogP contribution in [0.4, 0.5) is 5.69 Å². The molecule has 0 radical (unpaired) electrons. The molecule has 0 aliphatic carbocycles. The lowest BCUT2D eigenvalue weighted by atomic mass is 9.95. The Bertz CT molecular complexity index is 528. The van der Waals surface area contributed by atoms with E-state index in [1.807, 2.05) is 0 Å². The molecule has 0 spiro atoms. The quantitative estimate of drug-likeness (QED) is 0.469. The van der Waals surface area contributed by atoms with Crippen molar-refractivity contribution in [3.63, 3.8) is 0 Å². The molecule has 7 nitrogen and oxygen atoms in total. The van der Waals surface area contributed by atoms with E-state index in [0.717, 1.165) is 5.56 Å². The van der Waals surface area contributed by atoms with Gasteiger partial charge in [0.1, 0.15) is 6.61 Å². The second-order valence-corrected chi connectivity index (χ2v) is 5.25. The molecule has 116 valence electrons. The molecular formula is C14H20N2O5. The fourth-order valence-corrected chi connectivity index (χ4v) is 1.73. The summed E-state index contributed by atoms with van der Waals surface area (Å²) in [5.74, 6) is -0.290. The van der Waals surface area contributed by atoms with Gasteiger partial charge in [0.2, 0.25) is 0 Å². The van der Waals surface area contributed by atoms with Crippen LogP contribution in [0.3, 0.4) is 0 Å². The largest absolute Gasteiger partial charge is 0.486 e. The highest BCUT2D eigenvalue weighted by atomic mass is 16.6. The van der Waals surface area contributed by atoms with Gasteiger partial charge in [0.15, 0.2) is 5.75 Å². The van der Waals surface area contributed by atoms with Gasteiger partial charge in [0.05, 0.1) is 17.4 Å². The van der Waals surface area contributed by atoms with Crippen LogP contribution in [0, 0.1) is 15.5 Å². The van der Waals surface area contributed by atoms with E-state index in [9.17, 15) is 14.9 Å². The standard InChI is InChI=1S/C14H20N2O5/c1-14(2,13(17)20-4)9-21-12-7-10(8-15-3)5-6-11(12)16(18)19/h5-7,15H,8-9H2,1-4H3. The van der Waals surface area contributed by atoms with Crippen LogP contribution < -0.4 is 10.1 Å². The molecular weight excluding hydrogens is 276 g/mol. The van der Waals surface area contributed by atoms with Crippen molar-refractivity contribution in [1.29, 1.82) is 0 Å². The predicted octanol–water partition coefficient (Wildman–Crippen LogP) is 1.89. The summed E-state index contributed by atoms with van der Waals surface area (Å²) in [6.07, 6.45) is 0. The first kappa shape index (κ1) is 16.9. The van der Waals surface area contributed by atoms with E-state index in [1.54, 1.807) is 33.0 Å². The van der Waals surface area contributed by atoms with Gasteiger partial charge in [-0.25, -0.2) is 0 Å². The van der Waals surface area contributed by atoms with Crippen LogP contribution in [0.1, 0.15) is 19.4 Å². The molecule has 0 saturated carbocycles. The summed E-state index contributed by atoms with van der Waals surface area (Å²) >= 11 is 0. The minimum atomic E-state index is -0.887. The van der Waals surface area contributed by atoms with Crippen molar-refractivity contribution in [1.82, 2.24) is 5.32 Å². The summed E-state index contributed by atoms with van der Waals surface area (Å²) in [4.78, 5) is 22.1. The fourth-order valence-electron chi connectivity index (χ4n) is 1.73. The van der Waals surface area contributed by atoms with Gasteiger partial charge in [-0.1, -0.05) is 6.07 Å². The second kappa shape index (κ2) is 7.03. The van der Waals surface area contributed by atoms with Gasteiger partial charge in [-0.3, -0.25) is 14.9 Å². The van der Waals surface area contributed by atoms with E-state index in [4.69, 9.17) is 4.74 Å². The number of ether oxygens (including phenoxy) is 2. The molecule has 0 atom stereocenters. The summed E-state index contributed by atoms with van der Waals surface area (Å²) in [6.45, 7) is 3.86. The van der Waals surface area contributed by atoms with Crippen LogP contribution >= 0.6 is 0 Å². The Balaban J connectivity index is 2.97. The van der Waals surface area contributed by atoms with Crippen molar-refractivity contribution in [2.75, 3.05) is 20.8 Å². The predicted molar refractivity (Wildman–Crippen MR) is 77.2 cm³/mol. The lowest BCUT2D eigenvalue weighted by Gasteiger charge is -2.21. The van der Waals surface area contributed by atoms with Crippen molar-refractivity contribution >= 4 is 11.7 Å². The molecule has 0 aliphatic heterocycles. The smallest absolute Gasteiger partial charge is 0.314 e. The van der Waals surface area contributed by atoms with Crippen LogP contribution in [0.25, 0.3) is 0 Å². The third-order valence-corrected chi connectivity index (χ3v) is 2.93. The van der Waals surface area contributed by atoms with E-state index in [-0.39, 0.29) is 18.0 Å². The molecule has 0 bridgehead atoms. The average Bonchev–Trinajstić information content (AvgIpc) is 2.44. The van der Waals surface area contributed by atoms with Crippen LogP contribution in [0.15, 0.2) is 18.2 Å². The molecule has 1 rings (SSSR count). The Morgan fingerprint density at radius 1 is 1.43 bits per heavy atom. The number of methoxy groups -OCH3 is 1. The molecule has 0 saturated heterocycles. The van der Waals surface area contributed by atoms with E-state index in [0.29, 0.717) is 6.54 Å². The van der Waals surface area contributed by atoms with E-state index in [2.05, 4.69) is 10.1 Å². The number of hydrogen-bond donors (Lipinski definition) is 1. The summed E-state index contributed by atoms with van der Waals surface area (Å²) in [6, 6.07) is 4.65. The molecule has 21 heavy (non-hydrogen) atoms. The molecule has 7 heteroatoms. The van der Waals surface area contributed by atoms with Crippen molar-refractivity contribution in [3.05, 3.63) is 33.9 Å². The van der Waals surface area contributed by atoms with Crippen molar-refractivity contribution in [3.8, 4) is 5.75 Å². The van der Waals surface area contributed by atoms with Crippen molar-refractivity contribution in [2.45, 2.75) is 20.4 Å². The number of nitro benzene ring substituents is 1. The lowest BCUT2D eigenvalue weighted by molar-refractivity contribution is -0.386. The normalized spacial score (nSPS) is 11.0. The number of nitrogens with zero attached hydrogens (tertiary/aromatic N) is 1. The van der Waals surface area contributed by atoms with Crippen molar-refractivity contribution < 1.29 is 19.2 Å². The van der Waals surface area contributed by atoms with Gasteiger partial charge in [-0.05, 0) is 32.5 Å². The third kappa shape index (κ3) is 4.42. The molecule has 0 aromatic heterocycles. The highest BCUT2D eigenvalue weighted by Crippen LogP contribution is 2.30. The van der Waals surface area contributed by atoms with Gasteiger partial charge in [-0.15, -0.1) is 0 Å². The van der Waals surface area contributed by atoms with Crippen LogP contribution in [-0.2, 0) is 16.1 Å². The van der Waals surface area contributed by atoms with E-state index < -0.39 is 16.3 Å². The molecule has 0 amide bonds. The number of nitrogens with one attached hydrogen (secondary N) is 1. The Labute approximate surface area is 123 Å². The number of carbonyl (C=O) groups is 1. The minimum absolute atomic E-state index is 0.0104. The third-order valence-electron chi connectivity index (χ3n) is 2.93. The maximum Gasteiger partial charge on any atom is 0.314 e. The summed E-state index contributed by atoms with van der Waals surface area (Å²) in [7, 11) is 3.07. The number of rotatable bonds is 7. The monoisotopic (exact) mass is 296 g/mol. The molecule has 0 heterocycles. The lowest BCUT2D eigenvalue weighted by Crippen LogP contribution is -2.32. The first-order valence-electron chi connectivity index (χ1n) is 6.45. The Kier molecular flexibility index (Phi) is 5.66. The summed E-state index contributed by atoms with van der Waals surface area (Å²) in [5, 5.41) is 14.0. The Morgan fingerprint density at radius 2 is 2.10 bits per heavy atom. The molecule has 0 aliphatic rings. The first-order chi connectivity index (χ1) is 9.81. The van der Waals surface area contributed by atoms with Gasteiger partial charge in [0, 0.05) is 12.6 Å². The Morgan fingerprint density at radius 3 is 2.62 bits per heavy atom. The zero-order valence-electron chi connectivity index (χ0n) is 12.6. The van der Waals surface area contributed by atoms with Gasteiger partial charge < -0.3 is 14.8 Å². The van der Waals surface area contributed by atoms with Crippen LogP contribution in [0.5, 0.6) is 5.75 Å². The maximum atomic E-state index is 11.6. The highest BCUT2D eigenvalue weighted by Gasteiger charge is 2.30. The number of nitro groups is 1. The van der Waals surface area contributed by atoms with Crippen LogP contribution in [-0.4, -0.2) is 31.7 Å².